The largest absolute Gasteiger partial charge is 0.481 e. The minimum atomic E-state index is -0.856. The molecule has 16 heavy (non-hydrogen) atoms. The van der Waals surface area contributed by atoms with Crippen LogP contribution in [-0.2, 0) is 9.59 Å². The van der Waals surface area contributed by atoms with Crippen molar-refractivity contribution in [3.8, 4) is 0 Å². The number of amides is 1. The van der Waals surface area contributed by atoms with Crippen LogP contribution in [-0.4, -0.2) is 17.0 Å². The van der Waals surface area contributed by atoms with E-state index in [1.165, 1.54) is 0 Å². The van der Waals surface area contributed by atoms with E-state index in [0.717, 1.165) is 0 Å². The van der Waals surface area contributed by atoms with Crippen LogP contribution in [0.15, 0.2) is 0 Å². The van der Waals surface area contributed by atoms with Crippen molar-refractivity contribution in [2.24, 2.45) is 17.6 Å². The van der Waals surface area contributed by atoms with Crippen LogP contribution in [0.5, 0.6) is 0 Å². The lowest BCUT2D eigenvalue weighted by molar-refractivity contribution is -0.142. The molecule has 0 aliphatic carbocycles. The molecule has 2 unspecified atom stereocenters. The molecule has 0 heterocycles. The topological polar surface area (TPSA) is 80.4 Å². The number of primary amides is 1. The molecule has 0 fully saturated rings. The number of rotatable bonds is 5. The molecular formula is C12H31NO3. The molecule has 4 heteroatoms. The molecule has 0 rings (SSSR count). The Kier molecular flexibility index (Phi) is 25.6. The smallest absolute Gasteiger partial charge is 0.306 e. The number of carboxylic acids is 1. The van der Waals surface area contributed by atoms with Gasteiger partial charge in [0.15, 0.2) is 0 Å². The van der Waals surface area contributed by atoms with E-state index in [2.05, 4.69) is 0 Å². The van der Waals surface area contributed by atoms with E-state index < -0.39 is 17.8 Å². The summed E-state index contributed by atoms with van der Waals surface area (Å²) >= 11 is 0. The SMILES string of the molecule is C.C.C.C.CCC(CC(C)C(N)=O)C(=O)O. The van der Waals surface area contributed by atoms with Gasteiger partial charge in [0.2, 0.25) is 5.91 Å². The summed E-state index contributed by atoms with van der Waals surface area (Å²) in [6.45, 7) is 3.43. The molecule has 0 saturated heterocycles. The molecule has 102 valence electrons. The van der Waals surface area contributed by atoms with Crippen LogP contribution in [0, 0.1) is 11.8 Å². The molecule has 0 bridgehead atoms. The number of carbonyl (C=O) groups is 2. The third kappa shape index (κ3) is 11.0. The van der Waals surface area contributed by atoms with Crippen molar-refractivity contribution in [3.63, 3.8) is 0 Å². The maximum Gasteiger partial charge on any atom is 0.306 e. The summed E-state index contributed by atoms with van der Waals surface area (Å²) in [5.74, 6) is -2.10. The molecule has 4 nitrogen and oxygen atoms in total. The fraction of sp³-hybridized carbons (Fsp3) is 0.833. The first-order valence-corrected chi connectivity index (χ1v) is 4.01. The monoisotopic (exact) mass is 237 g/mol. The first-order chi connectivity index (χ1) is 5.49. The van der Waals surface area contributed by atoms with Gasteiger partial charge in [-0.05, 0) is 12.8 Å². The van der Waals surface area contributed by atoms with E-state index in [1.807, 2.05) is 0 Å². The van der Waals surface area contributed by atoms with Crippen molar-refractivity contribution in [3.05, 3.63) is 0 Å². The Bertz CT molecular complexity index is 181. The van der Waals surface area contributed by atoms with E-state index in [-0.39, 0.29) is 35.6 Å². The second-order valence-electron chi connectivity index (χ2n) is 2.98. The number of nitrogens with two attached hydrogens (primary N) is 1. The lowest BCUT2D eigenvalue weighted by atomic mass is 9.93. The Labute approximate surface area is 101 Å². The third-order valence-electron chi connectivity index (χ3n) is 1.97. The van der Waals surface area contributed by atoms with Gasteiger partial charge >= 0.3 is 5.97 Å². The van der Waals surface area contributed by atoms with Gasteiger partial charge in [0.05, 0.1) is 5.92 Å². The summed E-state index contributed by atoms with van der Waals surface area (Å²) in [7, 11) is 0. The van der Waals surface area contributed by atoms with Crippen LogP contribution in [0.2, 0.25) is 0 Å². The molecule has 0 spiro atoms. The van der Waals surface area contributed by atoms with E-state index in [1.54, 1.807) is 13.8 Å². The highest BCUT2D eigenvalue weighted by atomic mass is 16.4. The first kappa shape index (κ1) is 29.4. The minimum absolute atomic E-state index is 0. The Hall–Kier alpha value is -1.06. The molecule has 0 aliphatic rings. The molecule has 1 amide bonds. The van der Waals surface area contributed by atoms with E-state index >= 15 is 0 Å². The van der Waals surface area contributed by atoms with Crippen molar-refractivity contribution in [2.45, 2.75) is 56.4 Å². The minimum Gasteiger partial charge on any atom is -0.481 e. The van der Waals surface area contributed by atoms with Crippen LogP contribution in [0.1, 0.15) is 56.4 Å². The average Bonchev–Trinajstić information content (AvgIpc) is 1.98. The second kappa shape index (κ2) is 13.9. The Morgan fingerprint density at radius 1 is 1.19 bits per heavy atom. The fourth-order valence-electron chi connectivity index (χ4n) is 0.985. The summed E-state index contributed by atoms with van der Waals surface area (Å²) in [4.78, 5) is 21.1. The normalized spacial score (nSPS) is 11.4. The van der Waals surface area contributed by atoms with Crippen molar-refractivity contribution in [1.29, 1.82) is 0 Å². The van der Waals surface area contributed by atoms with Crippen molar-refractivity contribution in [2.75, 3.05) is 0 Å². The molecule has 0 radical (unpaired) electrons. The highest BCUT2D eigenvalue weighted by molar-refractivity contribution is 5.77. The van der Waals surface area contributed by atoms with Gasteiger partial charge in [-0.15, -0.1) is 0 Å². The summed E-state index contributed by atoms with van der Waals surface area (Å²) in [6.07, 6.45) is 0.869. The third-order valence-corrected chi connectivity index (χ3v) is 1.97. The van der Waals surface area contributed by atoms with E-state index in [0.29, 0.717) is 12.8 Å². The van der Waals surface area contributed by atoms with Crippen molar-refractivity contribution in [1.82, 2.24) is 0 Å². The fourth-order valence-corrected chi connectivity index (χ4v) is 0.985. The van der Waals surface area contributed by atoms with Crippen LogP contribution in [0.25, 0.3) is 0 Å². The second-order valence-corrected chi connectivity index (χ2v) is 2.98. The van der Waals surface area contributed by atoms with Gasteiger partial charge < -0.3 is 10.8 Å². The molecule has 0 aromatic carbocycles. The maximum absolute atomic E-state index is 10.6. The van der Waals surface area contributed by atoms with Gasteiger partial charge in [0, 0.05) is 5.92 Å². The van der Waals surface area contributed by atoms with Gasteiger partial charge in [0.1, 0.15) is 0 Å². The van der Waals surface area contributed by atoms with Crippen molar-refractivity contribution < 1.29 is 14.7 Å². The van der Waals surface area contributed by atoms with E-state index in [9.17, 15) is 9.59 Å². The number of carboxylic acid groups (broad SMARTS) is 1. The van der Waals surface area contributed by atoms with Crippen LogP contribution >= 0.6 is 0 Å². The lowest BCUT2D eigenvalue weighted by Crippen LogP contribution is -2.25. The van der Waals surface area contributed by atoms with Gasteiger partial charge in [-0.2, -0.15) is 0 Å². The average molecular weight is 237 g/mol. The summed E-state index contributed by atoms with van der Waals surface area (Å²) < 4.78 is 0. The number of aliphatic carboxylic acids is 1. The lowest BCUT2D eigenvalue weighted by Gasteiger charge is -2.12. The Balaban J connectivity index is -0.000000101. The molecule has 3 N–H and O–H groups in total. The molecule has 0 aromatic rings. The number of hydrogen-bond donors (Lipinski definition) is 2. The zero-order chi connectivity index (χ0) is 9.72. The molecule has 0 aromatic heterocycles. The Morgan fingerprint density at radius 2 is 1.56 bits per heavy atom. The number of hydrogen-bond acceptors (Lipinski definition) is 2. The van der Waals surface area contributed by atoms with Gasteiger partial charge in [-0.3, -0.25) is 9.59 Å². The summed E-state index contributed by atoms with van der Waals surface area (Å²) in [5, 5.41) is 8.65. The Morgan fingerprint density at radius 3 is 1.75 bits per heavy atom. The first-order valence-electron chi connectivity index (χ1n) is 4.01. The quantitative estimate of drug-likeness (QED) is 0.770. The van der Waals surface area contributed by atoms with Crippen molar-refractivity contribution >= 4 is 11.9 Å². The highest BCUT2D eigenvalue weighted by Gasteiger charge is 2.20. The van der Waals surface area contributed by atoms with Gasteiger partial charge in [0.25, 0.3) is 0 Å². The van der Waals surface area contributed by atoms with E-state index in [4.69, 9.17) is 10.8 Å². The molecule has 0 saturated carbocycles. The van der Waals surface area contributed by atoms with Crippen LogP contribution in [0.4, 0.5) is 0 Å². The summed E-state index contributed by atoms with van der Waals surface area (Å²) in [5.41, 5.74) is 5.01. The zero-order valence-corrected chi connectivity index (χ0v) is 7.41. The number of carbonyl (C=O) groups excluding carboxylic acids is 1. The predicted octanol–water partition coefficient (Wildman–Crippen LogP) is 3.15. The zero-order valence-electron chi connectivity index (χ0n) is 7.41. The van der Waals surface area contributed by atoms with Gasteiger partial charge in [-0.25, -0.2) is 0 Å². The van der Waals surface area contributed by atoms with Crippen LogP contribution in [0.3, 0.4) is 0 Å². The highest BCUT2D eigenvalue weighted by Crippen LogP contribution is 2.15. The molecule has 2 atom stereocenters. The van der Waals surface area contributed by atoms with Crippen LogP contribution < -0.4 is 5.73 Å². The van der Waals surface area contributed by atoms with Gasteiger partial charge in [-0.1, -0.05) is 43.6 Å². The summed E-state index contributed by atoms with van der Waals surface area (Å²) in [6, 6.07) is 0. The molecular weight excluding hydrogens is 206 g/mol. The predicted molar refractivity (Wildman–Crippen MR) is 71.3 cm³/mol. The maximum atomic E-state index is 10.6. The molecule has 0 aliphatic heterocycles. The standard InChI is InChI=1S/C8H15NO3.4CH4/c1-3-6(8(11)12)4-5(2)7(9)10;;;;/h5-6H,3-4H2,1-2H3,(H2,9,10)(H,11,12);4*1H4.